The summed E-state index contributed by atoms with van der Waals surface area (Å²) in [5, 5.41) is 9.87. The second-order valence-corrected chi connectivity index (χ2v) is 3.65. The zero-order valence-electron chi connectivity index (χ0n) is 8.61. The lowest BCUT2D eigenvalue weighted by Crippen LogP contribution is -2.01. The van der Waals surface area contributed by atoms with Gasteiger partial charge < -0.3 is 5.11 Å². The molecule has 0 aliphatic carbocycles. The van der Waals surface area contributed by atoms with Crippen molar-refractivity contribution < 1.29 is 9.90 Å². The van der Waals surface area contributed by atoms with Crippen molar-refractivity contribution in [3.05, 3.63) is 41.1 Å². The lowest BCUT2D eigenvalue weighted by atomic mass is 10.1. The Morgan fingerprint density at radius 3 is 2.67 bits per heavy atom. The number of carboxylic acids is 1. The van der Waals surface area contributed by atoms with Crippen LogP contribution in [0.2, 0.25) is 0 Å². The van der Waals surface area contributed by atoms with Gasteiger partial charge in [-0.2, -0.15) is 0 Å². The van der Waals surface area contributed by atoms with Crippen LogP contribution in [-0.4, -0.2) is 16.1 Å². The molecule has 1 aromatic heterocycles. The number of hydrogen-bond acceptors (Lipinski definition) is 2. The van der Waals surface area contributed by atoms with Gasteiger partial charge in [0.1, 0.15) is 5.69 Å². The summed E-state index contributed by atoms with van der Waals surface area (Å²) in [6, 6.07) is 7.40. The monoisotopic (exact) mass is 201 g/mol. The van der Waals surface area contributed by atoms with Crippen LogP contribution >= 0.6 is 0 Å². The predicted octanol–water partition coefficient (Wildman–Crippen LogP) is 2.55. The van der Waals surface area contributed by atoms with Gasteiger partial charge in [0.2, 0.25) is 0 Å². The van der Waals surface area contributed by atoms with Crippen LogP contribution in [0.4, 0.5) is 0 Å². The Morgan fingerprint density at radius 1 is 1.27 bits per heavy atom. The van der Waals surface area contributed by atoms with Gasteiger partial charge >= 0.3 is 5.97 Å². The third-order valence-corrected chi connectivity index (χ3v) is 2.39. The van der Waals surface area contributed by atoms with Crippen molar-refractivity contribution in [3.8, 4) is 0 Å². The molecular formula is C12H11NO2. The smallest absolute Gasteiger partial charge is 0.354 e. The summed E-state index contributed by atoms with van der Waals surface area (Å²) in [5.74, 6) is -0.986. The second-order valence-electron chi connectivity index (χ2n) is 3.65. The van der Waals surface area contributed by atoms with Gasteiger partial charge in [0, 0.05) is 5.39 Å². The summed E-state index contributed by atoms with van der Waals surface area (Å²) in [6.07, 6.45) is 0. The molecule has 0 saturated carbocycles. The van der Waals surface area contributed by atoms with Crippen LogP contribution in [0.15, 0.2) is 24.3 Å². The standard InChI is InChI=1S/C12H11NO2/c1-7-3-4-10-9(5-7)8(2)6-11(13-10)12(14)15/h3-6H,1-2H3,(H,14,15). The van der Waals surface area contributed by atoms with Gasteiger partial charge in [-0.1, -0.05) is 11.6 Å². The minimum absolute atomic E-state index is 0.101. The molecule has 2 rings (SSSR count). The number of hydrogen-bond donors (Lipinski definition) is 1. The highest BCUT2D eigenvalue weighted by atomic mass is 16.4. The van der Waals surface area contributed by atoms with Crippen LogP contribution in [0, 0.1) is 13.8 Å². The van der Waals surface area contributed by atoms with Crippen LogP contribution in [0.25, 0.3) is 10.9 Å². The number of benzene rings is 1. The van der Waals surface area contributed by atoms with Crippen LogP contribution in [0.5, 0.6) is 0 Å². The largest absolute Gasteiger partial charge is 0.477 e. The Hall–Kier alpha value is -1.90. The van der Waals surface area contributed by atoms with E-state index in [4.69, 9.17) is 5.11 Å². The van der Waals surface area contributed by atoms with E-state index in [1.807, 2.05) is 32.0 Å². The minimum atomic E-state index is -0.986. The molecule has 3 heteroatoms. The van der Waals surface area contributed by atoms with Crippen molar-refractivity contribution in [1.82, 2.24) is 4.98 Å². The minimum Gasteiger partial charge on any atom is -0.477 e. The Balaban J connectivity index is 2.78. The molecule has 0 aliphatic heterocycles. The molecule has 0 radical (unpaired) electrons. The molecule has 0 fully saturated rings. The maximum Gasteiger partial charge on any atom is 0.354 e. The van der Waals surface area contributed by atoms with Crippen molar-refractivity contribution in [2.75, 3.05) is 0 Å². The Morgan fingerprint density at radius 2 is 2.00 bits per heavy atom. The van der Waals surface area contributed by atoms with Crippen LogP contribution in [-0.2, 0) is 0 Å². The first kappa shape index (κ1) is 9.65. The van der Waals surface area contributed by atoms with Crippen molar-refractivity contribution in [2.24, 2.45) is 0 Å². The summed E-state index contributed by atoms with van der Waals surface area (Å²) < 4.78 is 0. The molecule has 0 unspecified atom stereocenters. The molecular weight excluding hydrogens is 190 g/mol. The van der Waals surface area contributed by atoms with Gasteiger partial charge in [-0.25, -0.2) is 9.78 Å². The van der Waals surface area contributed by atoms with Crippen molar-refractivity contribution in [1.29, 1.82) is 0 Å². The lowest BCUT2D eigenvalue weighted by molar-refractivity contribution is 0.0691. The molecule has 15 heavy (non-hydrogen) atoms. The van der Waals surface area contributed by atoms with E-state index >= 15 is 0 Å². The fraction of sp³-hybridized carbons (Fsp3) is 0.167. The average Bonchev–Trinajstić information content (AvgIpc) is 2.18. The number of aromatic carboxylic acids is 1. The summed E-state index contributed by atoms with van der Waals surface area (Å²) in [7, 11) is 0. The SMILES string of the molecule is Cc1ccc2nc(C(=O)O)cc(C)c2c1. The van der Waals surface area contributed by atoms with Gasteiger partial charge in [-0.3, -0.25) is 0 Å². The third-order valence-electron chi connectivity index (χ3n) is 2.39. The van der Waals surface area contributed by atoms with Gasteiger partial charge in [0.25, 0.3) is 0 Å². The van der Waals surface area contributed by atoms with E-state index in [1.54, 1.807) is 6.07 Å². The molecule has 76 valence electrons. The highest BCUT2D eigenvalue weighted by Gasteiger charge is 2.08. The first-order valence-electron chi connectivity index (χ1n) is 4.69. The number of aromatic nitrogens is 1. The molecule has 0 bridgehead atoms. The first-order chi connectivity index (χ1) is 7.08. The van der Waals surface area contributed by atoms with E-state index in [0.29, 0.717) is 0 Å². The fourth-order valence-electron chi connectivity index (χ4n) is 1.62. The van der Waals surface area contributed by atoms with E-state index in [1.165, 1.54) is 0 Å². The molecule has 3 nitrogen and oxygen atoms in total. The molecule has 1 heterocycles. The summed E-state index contributed by atoms with van der Waals surface area (Å²) in [6.45, 7) is 3.90. The number of carboxylic acid groups (broad SMARTS) is 1. The summed E-state index contributed by atoms with van der Waals surface area (Å²) in [4.78, 5) is 14.9. The lowest BCUT2D eigenvalue weighted by Gasteiger charge is -2.04. The number of carbonyl (C=O) groups is 1. The van der Waals surface area contributed by atoms with E-state index in [0.717, 1.165) is 22.0 Å². The highest BCUT2D eigenvalue weighted by Crippen LogP contribution is 2.19. The summed E-state index contributed by atoms with van der Waals surface area (Å²) in [5.41, 5.74) is 2.93. The number of aryl methyl sites for hydroxylation is 2. The van der Waals surface area contributed by atoms with Crippen LogP contribution < -0.4 is 0 Å². The van der Waals surface area contributed by atoms with E-state index < -0.39 is 5.97 Å². The Bertz CT molecular complexity index is 547. The first-order valence-corrected chi connectivity index (χ1v) is 4.69. The molecule has 0 aliphatic rings. The quantitative estimate of drug-likeness (QED) is 0.771. The number of pyridine rings is 1. The molecule has 0 spiro atoms. The molecule has 2 aromatic rings. The van der Waals surface area contributed by atoms with Gasteiger partial charge in [0.05, 0.1) is 5.52 Å². The van der Waals surface area contributed by atoms with E-state index in [2.05, 4.69) is 4.98 Å². The topological polar surface area (TPSA) is 50.2 Å². The van der Waals surface area contributed by atoms with E-state index in [9.17, 15) is 4.79 Å². The number of rotatable bonds is 1. The molecule has 1 N–H and O–H groups in total. The Kier molecular flexibility index (Phi) is 2.15. The van der Waals surface area contributed by atoms with Crippen molar-refractivity contribution >= 4 is 16.9 Å². The van der Waals surface area contributed by atoms with Crippen LogP contribution in [0.1, 0.15) is 21.6 Å². The number of nitrogens with zero attached hydrogens (tertiary/aromatic N) is 1. The Labute approximate surface area is 87.4 Å². The van der Waals surface area contributed by atoms with E-state index in [-0.39, 0.29) is 5.69 Å². The molecule has 0 amide bonds. The normalized spacial score (nSPS) is 10.5. The highest BCUT2D eigenvalue weighted by molar-refractivity contribution is 5.91. The van der Waals surface area contributed by atoms with Gasteiger partial charge in [-0.15, -0.1) is 0 Å². The fourth-order valence-corrected chi connectivity index (χ4v) is 1.62. The molecule has 0 atom stereocenters. The molecule has 1 aromatic carbocycles. The maximum atomic E-state index is 10.8. The maximum absolute atomic E-state index is 10.8. The third kappa shape index (κ3) is 1.68. The zero-order chi connectivity index (χ0) is 11.0. The second kappa shape index (κ2) is 3.35. The molecule has 0 saturated heterocycles. The van der Waals surface area contributed by atoms with Crippen LogP contribution in [0.3, 0.4) is 0 Å². The van der Waals surface area contributed by atoms with Gasteiger partial charge in [0.15, 0.2) is 0 Å². The van der Waals surface area contributed by atoms with Crippen molar-refractivity contribution in [2.45, 2.75) is 13.8 Å². The summed E-state index contributed by atoms with van der Waals surface area (Å²) >= 11 is 0. The number of fused-ring (bicyclic) bond motifs is 1. The predicted molar refractivity (Wildman–Crippen MR) is 58.2 cm³/mol. The van der Waals surface area contributed by atoms with Crippen molar-refractivity contribution in [3.63, 3.8) is 0 Å². The van der Waals surface area contributed by atoms with Gasteiger partial charge in [-0.05, 0) is 37.6 Å². The zero-order valence-corrected chi connectivity index (χ0v) is 8.61. The average molecular weight is 201 g/mol.